The smallest absolute Gasteiger partial charge is 0.218 e. The average molecular weight is 390 g/mol. The van der Waals surface area contributed by atoms with Gasteiger partial charge in [-0.2, -0.15) is 5.06 Å². The highest BCUT2D eigenvalue weighted by Crippen LogP contribution is 2.33. The molecule has 1 N–H and O–H groups in total. The molecule has 1 saturated heterocycles. The standard InChI is InChI=1S/C20H27N3O3S/c1-22(2)18-11-9-17(10-12-18)20-19(15-26-23(20)3)27(24,25)21-14-13-16-7-5-4-6-8-16/h4-12,19-21H,13-15H2,1-3H3/t19-,20-/m0/s1. The van der Waals surface area contributed by atoms with E-state index in [-0.39, 0.29) is 12.6 Å². The Morgan fingerprint density at radius 1 is 1.11 bits per heavy atom. The van der Waals surface area contributed by atoms with Gasteiger partial charge in [0, 0.05) is 33.4 Å². The van der Waals surface area contributed by atoms with Gasteiger partial charge in [-0.3, -0.25) is 4.84 Å². The van der Waals surface area contributed by atoms with Crippen molar-refractivity contribution in [2.75, 3.05) is 39.2 Å². The lowest BCUT2D eigenvalue weighted by Gasteiger charge is -2.24. The molecule has 1 aliphatic heterocycles. The molecular weight excluding hydrogens is 362 g/mol. The number of nitrogens with one attached hydrogen (secondary N) is 1. The van der Waals surface area contributed by atoms with Gasteiger partial charge in [-0.1, -0.05) is 42.5 Å². The second-order valence-corrected chi connectivity index (χ2v) is 8.97. The summed E-state index contributed by atoms with van der Waals surface area (Å²) in [6.45, 7) is 0.524. The Morgan fingerprint density at radius 2 is 1.78 bits per heavy atom. The molecule has 1 heterocycles. The van der Waals surface area contributed by atoms with Gasteiger partial charge in [0.2, 0.25) is 10.0 Å². The first-order chi connectivity index (χ1) is 12.9. The van der Waals surface area contributed by atoms with Crippen LogP contribution in [0.4, 0.5) is 5.69 Å². The fourth-order valence-electron chi connectivity index (χ4n) is 3.34. The second kappa shape index (κ2) is 8.39. The summed E-state index contributed by atoms with van der Waals surface area (Å²) in [6, 6.07) is 17.4. The third-order valence-electron chi connectivity index (χ3n) is 4.90. The quantitative estimate of drug-likeness (QED) is 0.787. The Balaban J connectivity index is 1.71. The van der Waals surface area contributed by atoms with E-state index in [1.54, 1.807) is 12.1 Å². The SMILES string of the molecule is CN(C)c1ccc([C@H]2[C@@H](S(=O)(=O)NCCc3ccccc3)CON2C)cc1. The van der Waals surface area contributed by atoms with Crippen molar-refractivity contribution in [3.63, 3.8) is 0 Å². The zero-order chi connectivity index (χ0) is 19.4. The van der Waals surface area contributed by atoms with Crippen LogP contribution in [0.15, 0.2) is 54.6 Å². The van der Waals surface area contributed by atoms with Gasteiger partial charge in [-0.05, 0) is 29.7 Å². The van der Waals surface area contributed by atoms with Crippen molar-refractivity contribution in [1.29, 1.82) is 0 Å². The summed E-state index contributed by atoms with van der Waals surface area (Å²) in [7, 11) is 2.22. The van der Waals surface area contributed by atoms with Gasteiger partial charge in [0.05, 0.1) is 12.6 Å². The molecule has 6 nitrogen and oxygen atoms in total. The molecule has 0 amide bonds. The molecule has 0 spiro atoms. The Kier molecular flexibility index (Phi) is 6.16. The summed E-state index contributed by atoms with van der Waals surface area (Å²) < 4.78 is 28.6. The van der Waals surface area contributed by atoms with Crippen molar-refractivity contribution in [3.05, 3.63) is 65.7 Å². The maximum absolute atomic E-state index is 12.9. The highest BCUT2D eigenvalue weighted by Gasteiger charge is 2.42. The van der Waals surface area contributed by atoms with E-state index in [9.17, 15) is 8.42 Å². The molecule has 0 aromatic heterocycles. The summed E-state index contributed by atoms with van der Waals surface area (Å²) in [5.41, 5.74) is 3.11. The maximum Gasteiger partial charge on any atom is 0.218 e. The first-order valence-electron chi connectivity index (χ1n) is 9.04. The van der Waals surface area contributed by atoms with Crippen LogP contribution in [0.3, 0.4) is 0 Å². The molecule has 0 radical (unpaired) electrons. The van der Waals surface area contributed by atoms with E-state index in [0.717, 1.165) is 16.8 Å². The molecule has 0 unspecified atom stereocenters. The zero-order valence-corrected chi connectivity index (χ0v) is 16.8. The molecule has 1 fully saturated rings. The molecule has 0 bridgehead atoms. The summed E-state index contributed by atoms with van der Waals surface area (Å²) in [5.74, 6) is 0. The zero-order valence-electron chi connectivity index (χ0n) is 16.0. The fraction of sp³-hybridized carbons (Fsp3) is 0.400. The highest BCUT2D eigenvalue weighted by atomic mass is 32.2. The van der Waals surface area contributed by atoms with E-state index in [0.29, 0.717) is 13.0 Å². The maximum atomic E-state index is 12.9. The van der Waals surface area contributed by atoms with Gasteiger partial charge >= 0.3 is 0 Å². The minimum atomic E-state index is -3.51. The van der Waals surface area contributed by atoms with E-state index >= 15 is 0 Å². The summed E-state index contributed by atoms with van der Waals surface area (Å²) >= 11 is 0. The van der Waals surface area contributed by atoms with Crippen molar-refractivity contribution in [2.24, 2.45) is 0 Å². The number of benzene rings is 2. The van der Waals surface area contributed by atoms with Crippen LogP contribution in [0.2, 0.25) is 0 Å². The number of hydrogen-bond acceptors (Lipinski definition) is 5. The molecule has 146 valence electrons. The van der Waals surface area contributed by atoms with E-state index < -0.39 is 15.3 Å². The Bertz CT molecular complexity index is 839. The fourth-order valence-corrected chi connectivity index (χ4v) is 4.85. The molecule has 7 heteroatoms. The van der Waals surface area contributed by atoms with Crippen molar-refractivity contribution < 1.29 is 13.3 Å². The predicted molar refractivity (Wildman–Crippen MR) is 108 cm³/mol. The number of hydrogen-bond donors (Lipinski definition) is 1. The van der Waals surface area contributed by atoms with Gasteiger partial charge in [-0.25, -0.2) is 13.1 Å². The van der Waals surface area contributed by atoms with E-state index in [2.05, 4.69) is 4.72 Å². The van der Waals surface area contributed by atoms with Crippen molar-refractivity contribution in [3.8, 4) is 0 Å². The third-order valence-corrected chi connectivity index (χ3v) is 6.69. The van der Waals surface area contributed by atoms with Crippen LogP contribution < -0.4 is 9.62 Å². The highest BCUT2D eigenvalue weighted by molar-refractivity contribution is 7.90. The van der Waals surface area contributed by atoms with Gasteiger partial charge < -0.3 is 4.90 Å². The topological polar surface area (TPSA) is 61.9 Å². The molecule has 3 rings (SSSR count). The largest absolute Gasteiger partial charge is 0.378 e. The minimum Gasteiger partial charge on any atom is -0.378 e. The monoisotopic (exact) mass is 389 g/mol. The lowest BCUT2D eigenvalue weighted by molar-refractivity contribution is -0.110. The summed E-state index contributed by atoms with van der Waals surface area (Å²) in [4.78, 5) is 7.58. The normalized spacial score (nSPS) is 20.7. The summed E-state index contributed by atoms with van der Waals surface area (Å²) in [6.07, 6.45) is 0.658. The number of sulfonamides is 1. The first kappa shape index (κ1) is 19.8. The molecule has 2 aromatic rings. The van der Waals surface area contributed by atoms with Crippen LogP contribution in [-0.4, -0.2) is 53.0 Å². The van der Waals surface area contributed by atoms with Crippen LogP contribution in [0.25, 0.3) is 0 Å². The average Bonchev–Trinajstić information content (AvgIpc) is 3.05. The Hall–Kier alpha value is -1.93. The van der Waals surface area contributed by atoms with Gasteiger partial charge in [0.15, 0.2) is 0 Å². The number of nitrogens with zero attached hydrogens (tertiary/aromatic N) is 2. The second-order valence-electron chi connectivity index (χ2n) is 6.99. The molecule has 27 heavy (non-hydrogen) atoms. The van der Waals surface area contributed by atoms with Crippen molar-refractivity contribution in [1.82, 2.24) is 9.79 Å². The molecule has 2 atom stereocenters. The van der Waals surface area contributed by atoms with E-state index in [1.807, 2.05) is 73.6 Å². The van der Waals surface area contributed by atoms with Crippen LogP contribution in [0, 0.1) is 0 Å². The predicted octanol–water partition coefficient (Wildman–Crippen LogP) is 2.20. The number of anilines is 1. The Labute approximate surface area is 161 Å². The van der Waals surface area contributed by atoms with Gasteiger partial charge in [0.25, 0.3) is 0 Å². The van der Waals surface area contributed by atoms with E-state index in [1.165, 1.54) is 0 Å². The van der Waals surface area contributed by atoms with Crippen molar-refractivity contribution >= 4 is 15.7 Å². The molecule has 0 aliphatic carbocycles. The van der Waals surface area contributed by atoms with Crippen LogP contribution in [0.1, 0.15) is 17.2 Å². The lowest BCUT2D eigenvalue weighted by atomic mass is 10.0. The van der Waals surface area contributed by atoms with E-state index in [4.69, 9.17) is 4.84 Å². The third kappa shape index (κ3) is 4.68. The minimum absolute atomic E-state index is 0.150. The lowest BCUT2D eigenvalue weighted by Crippen LogP contribution is -2.40. The Morgan fingerprint density at radius 3 is 2.41 bits per heavy atom. The number of rotatable bonds is 7. The summed E-state index contributed by atoms with van der Waals surface area (Å²) in [5, 5.41) is 0.995. The molecule has 0 saturated carbocycles. The number of hydroxylamine groups is 2. The van der Waals surface area contributed by atoms with Crippen LogP contribution in [-0.2, 0) is 21.3 Å². The molecule has 2 aromatic carbocycles. The van der Waals surface area contributed by atoms with Crippen LogP contribution in [0.5, 0.6) is 0 Å². The van der Waals surface area contributed by atoms with Gasteiger partial charge in [0.1, 0.15) is 5.25 Å². The first-order valence-corrected chi connectivity index (χ1v) is 10.6. The van der Waals surface area contributed by atoms with Crippen LogP contribution >= 0.6 is 0 Å². The molecular formula is C20H27N3O3S. The molecule has 1 aliphatic rings. The van der Waals surface area contributed by atoms with Gasteiger partial charge in [-0.15, -0.1) is 0 Å². The van der Waals surface area contributed by atoms with Crippen molar-refractivity contribution in [2.45, 2.75) is 17.7 Å².